The van der Waals surface area contributed by atoms with Gasteiger partial charge in [-0.15, -0.1) is 0 Å². The van der Waals surface area contributed by atoms with Gasteiger partial charge in [-0.3, -0.25) is 9.10 Å². The van der Waals surface area contributed by atoms with Gasteiger partial charge in [0, 0.05) is 17.6 Å². The highest BCUT2D eigenvalue weighted by atomic mass is 32.2. The summed E-state index contributed by atoms with van der Waals surface area (Å²) < 4.78 is 61.3. The van der Waals surface area contributed by atoms with Gasteiger partial charge in [-0.2, -0.15) is 0 Å². The molecule has 40 heavy (non-hydrogen) atoms. The molecule has 0 saturated heterocycles. The Morgan fingerprint density at radius 1 is 0.875 bits per heavy atom. The van der Waals surface area contributed by atoms with E-state index in [4.69, 9.17) is 4.74 Å². The molecule has 208 valence electrons. The van der Waals surface area contributed by atoms with Crippen molar-refractivity contribution in [1.29, 1.82) is 0 Å². The summed E-state index contributed by atoms with van der Waals surface area (Å²) in [6, 6.07) is 19.8. The van der Waals surface area contributed by atoms with Crippen LogP contribution in [-0.2, 0) is 24.8 Å². The van der Waals surface area contributed by atoms with E-state index in [-0.39, 0.29) is 32.9 Å². The molecule has 0 saturated carbocycles. The Morgan fingerprint density at radius 3 is 2.17 bits per heavy atom. The molecule has 0 fully saturated rings. The number of rotatable bonds is 10. The van der Waals surface area contributed by atoms with Crippen LogP contribution in [0.25, 0.3) is 0 Å². The van der Waals surface area contributed by atoms with E-state index in [0.29, 0.717) is 5.69 Å². The second-order valence-corrected chi connectivity index (χ2v) is 12.2. The number of hydrogen-bond donors (Lipinski definition) is 2. The number of para-hydroxylation sites is 2. The third kappa shape index (κ3) is 6.55. The fourth-order valence-electron chi connectivity index (χ4n) is 3.70. The lowest BCUT2D eigenvalue weighted by Gasteiger charge is -2.25. The molecule has 0 aliphatic rings. The fraction of sp³-hybridized carbons (Fsp3) is 0.148. The van der Waals surface area contributed by atoms with Crippen molar-refractivity contribution in [2.24, 2.45) is 0 Å². The Bertz CT molecular complexity index is 1730. The molecule has 2 N–H and O–H groups in total. The number of sulfonamides is 2. The Hall–Kier alpha value is -4.49. The predicted octanol–water partition coefficient (Wildman–Crippen LogP) is 3.74. The SMILES string of the molecule is COc1ccccc1N(CC(=O)Nc1ccc(S(=O)(=O)Nc2nccc(C)n2)cc1)S(=O)(=O)c1ccc(C)cc1. The van der Waals surface area contributed by atoms with Crippen LogP contribution in [0.3, 0.4) is 0 Å². The van der Waals surface area contributed by atoms with Crippen LogP contribution in [0.5, 0.6) is 5.75 Å². The van der Waals surface area contributed by atoms with Crippen LogP contribution >= 0.6 is 0 Å². The maximum absolute atomic E-state index is 13.6. The quantitative estimate of drug-likeness (QED) is 0.288. The largest absolute Gasteiger partial charge is 0.495 e. The van der Waals surface area contributed by atoms with Crippen LogP contribution in [0.2, 0.25) is 0 Å². The lowest BCUT2D eigenvalue weighted by molar-refractivity contribution is -0.114. The van der Waals surface area contributed by atoms with Gasteiger partial charge in [-0.05, 0) is 68.4 Å². The van der Waals surface area contributed by atoms with Crippen molar-refractivity contribution < 1.29 is 26.4 Å². The van der Waals surface area contributed by atoms with Gasteiger partial charge in [-0.1, -0.05) is 29.8 Å². The van der Waals surface area contributed by atoms with Gasteiger partial charge >= 0.3 is 0 Å². The van der Waals surface area contributed by atoms with Crippen molar-refractivity contribution in [3.8, 4) is 5.75 Å². The highest BCUT2D eigenvalue weighted by Gasteiger charge is 2.29. The number of nitrogens with zero attached hydrogens (tertiary/aromatic N) is 3. The highest BCUT2D eigenvalue weighted by Crippen LogP contribution is 2.32. The summed E-state index contributed by atoms with van der Waals surface area (Å²) in [5, 5.41) is 2.62. The number of anilines is 3. The molecule has 1 aromatic heterocycles. The topological polar surface area (TPSA) is 148 Å². The van der Waals surface area contributed by atoms with Crippen LogP contribution in [-0.4, -0.2) is 46.4 Å². The van der Waals surface area contributed by atoms with E-state index in [2.05, 4.69) is 20.0 Å². The second kappa shape index (κ2) is 11.7. The second-order valence-electron chi connectivity index (χ2n) is 8.70. The molecule has 1 amide bonds. The van der Waals surface area contributed by atoms with Crippen molar-refractivity contribution in [2.75, 3.05) is 28.0 Å². The molecule has 1 heterocycles. The molecular formula is C27H27N5O6S2. The number of amides is 1. The summed E-state index contributed by atoms with van der Waals surface area (Å²) in [5.74, 6) is -0.447. The Morgan fingerprint density at radius 2 is 1.52 bits per heavy atom. The number of carbonyl (C=O) groups is 1. The van der Waals surface area contributed by atoms with Crippen LogP contribution in [0.4, 0.5) is 17.3 Å². The average molecular weight is 582 g/mol. The smallest absolute Gasteiger partial charge is 0.264 e. The maximum atomic E-state index is 13.6. The first-order chi connectivity index (χ1) is 19.0. The van der Waals surface area contributed by atoms with Gasteiger partial charge in [0.25, 0.3) is 20.0 Å². The number of carbonyl (C=O) groups excluding carboxylic acids is 1. The first-order valence-corrected chi connectivity index (χ1v) is 14.9. The molecule has 0 atom stereocenters. The third-order valence-electron chi connectivity index (χ3n) is 5.72. The van der Waals surface area contributed by atoms with E-state index in [9.17, 15) is 21.6 Å². The monoisotopic (exact) mass is 581 g/mol. The summed E-state index contributed by atoms with van der Waals surface area (Å²) in [7, 11) is -6.73. The van der Waals surface area contributed by atoms with Crippen molar-refractivity contribution in [1.82, 2.24) is 9.97 Å². The number of aryl methyl sites for hydroxylation is 2. The highest BCUT2D eigenvalue weighted by molar-refractivity contribution is 7.93. The van der Waals surface area contributed by atoms with Gasteiger partial charge < -0.3 is 10.1 Å². The molecule has 4 aromatic rings. The first-order valence-electron chi connectivity index (χ1n) is 11.9. The molecule has 0 unspecified atom stereocenters. The van der Waals surface area contributed by atoms with E-state index in [1.807, 2.05) is 6.92 Å². The number of aromatic nitrogens is 2. The van der Waals surface area contributed by atoms with E-state index < -0.39 is 32.5 Å². The minimum Gasteiger partial charge on any atom is -0.495 e. The minimum atomic E-state index is -4.16. The summed E-state index contributed by atoms with van der Waals surface area (Å²) in [5.41, 5.74) is 1.93. The van der Waals surface area contributed by atoms with Crippen LogP contribution < -0.4 is 19.1 Å². The molecule has 0 bridgehead atoms. The lowest BCUT2D eigenvalue weighted by Crippen LogP contribution is -2.38. The molecule has 3 aromatic carbocycles. The standard InChI is InChI=1S/C27H27N5O6S2/c1-19-8-12-23(13-9-19)40(36,37)32(24-6-4-5-7-25(24)38-3)18-26(33)30-21-10-14-22(15-11-21)39(34,35)31-27-28-17-16-20(2)29-27/h4-17H,18H2,1-3H3,(H,30,33)(H,28,29,31). The Labute approximate surface area is 233 Å². The van der Waals surface area contributed by atoms with Gasteiger partial charge in [0.1, 0.15) is 12.3 Å². The average Bonchev–Trinajstić information content (AvgIpc) is 2.92. The molecule has 11 nitrogen and oxygen atoms in total. The normalized spacial score (nSPS) is 11.5. The van der Waals surface area contributed by atoms with Gasteiger partial charge in [0.2, 0.25) is 11.9 Å². The predicted molar refractivity (Wildman–Crippen MR) is 151 cm³/mol. The van der Waals surface area contributed by atoms with Crippen molar-refractivity contribution in [3.05, 3.63) is 96.3 Å². The van der Waals surface area contributed by atoms with Crippen molar-refractivity contribution >= 4 is 43.3 Å². The molecule has 0 aliphatic carbocycles. The number of ether oxygens (including phenoxy) is 1. The molecule has 4 rings (SSSR count). The van der Waals surface area contributed by atoms with Gasteiger partial charge in [-0.25, -0.2) is 31.5 Å². The Kier molecular flexibility index (Phi) is 8.35. The molecular weight excluding hydrogens is 554 g/mol. The van der Waals surface area contributed by atoms with Gasteiger partial charge in [0.15, 0.2) is 0 Å². The maximum Gasteiger partial charge on any atom is 0.264 e. The summed E-state index contributed by atoms with van der Waals surface area (Å²) in [6.07, 6.45) is 1.44. The van der Waals surface area contributed by atoms with Crippen LogP contribution in [0.15, 0.2) is 94.9 Å². The number of benzene rings is 3. The molecule has 0 radical (unpaired) electrons. The Balaban J connectivity index is 1.56. The summed E-state index contributed by atoms with van der Waals surface area (Å²) >= 11 is 0. The minimum absolute atomic E-state index is 0.0106. The number of methoxy groups -OCH3 is 1. The van der Waals surface area contributed by atoms with Crippen LogP contribution in [0, 0.1) is 13.8 Å². The number of hydrogen-bond acceptors (Lipinski definition) is 8. The fourth-order valence-corrected chi connectivity index (χ4v) is 6.08. The van der Waals surface area contributed by atoms with Crippen molar-refractivity contribution in [2.45, 2.75) is 23.6 Å². The van der Waals surface area contributed by atoms with E-state index >= 15 is 0 Å². The lowest BCUT2D eigenvalue weighted by atomic mass is 10.2. The number of nitrogens with one attached hydrogen (secondary N) is 2. The molecule has 0 spiro atoms. The van der Waals surface area contributed by atoms with Crippen molar-refractivity contribution in [3.63, 3.8) is 0 Å². The van der Waals surface area contributed by atoms with Crippen LogP contribution in [0.1, 0.15) is 11.3 Å². The first kappa shape index (κ1) is 28.5. The van der Waals surface area contributed by atoms with E-state index in [0.717, 1.165) is 9.87 Å². The zero-order valence-electron chi connectivity index (χ0n) is 21.9. The summed E-state index contributed by atoms with van der Waals surface area (Å²) in [4.78, 5) is 20.9. The molecule has 13 heteroatoms. The third-order valence-corrected chi connectivity index (χ3v) is 8.84. The molecule has 0 aliphatic heterocycles. The summed E-state index contributed by atoms with van der Waals surface area (Å²) in [6.45, 7) is 2.98. The van der Waals surface area contributed by atoms with Gasteiger partial charge in [0.05, 0.1) is 22.6 Å². The zero-order valence-corrected chi connectivity index (χ0v) is 23.5. The zero-order chi connectivity index (χ0) is 28.9. The van der Waals surface area contributed by atoms with E-state index in [1.165, 1.54) is 49.7 Å². The van der Waals surface area contributed by atoms with E-state index in [1.54, 1.807) is 49.4 Å².